The van der Waals surface area contributed by atoms with E-state index in [4.69, 9.17) is 4.74 Å². The first-order chi connectivity index (χ1) is 7.97. The van der Waals surface area contributed by atoms with E-state index in [0.717, 1.165) is 6.20 Å². The van der Waals surface area contributed by atoms with Gasteiger partial charge in [0.05, 0.1) is 17.1 Å². The minimum absolute atomic E-state index is 0.265. The van der Waals surface area contributed by atoms with E-state index in [9.17, 15) is 14.9 Å². The van der Waals surface area contributed by atoms with E-state index < -0.39 is 10.9 Å². The van der Waals surface area contributed by atoms with Crippen LogP contribution in [-0.2, 0) is 4.74 Å². The summed E-state index contributed by atoms with van der Waals surface area (Å²) in [6.07, 6.45) is 2.10. The van der Waals surface area contributed by atoms with E-state index in [1.807, 2.05) is 0 Å². The molecule has 0 bridgehead atoms. The summed E-state index contributed by atoms with van der Waals surface area (Å²) in [7, 11) is 0. The highest BCUT2D eigenvalue weighted by Crippen LogP contribution is 2.20. The maximum Gasteiger partial charge on any atom is 0.340 e. The third-order valence-electron chi connectivity index (χ3n) is 2.27. The van der Waals surface area contributed by atoms with Gasteiger partial charge in [0.1, 0.15) is 0 Å². The Morgan fingerprint density at radius 2 is 2.12 bits per heavy atom. The van der Waals surface area contributed by atoms with Crippen molar-refractivity contribution in [3.8, 4) is 0 Å². The molecular weight excluding hydrogens is 224 g/mol. The first-order valence-corrected chi connectivity index (χ1v) is 5.15. The molecule has 92 valence electrons. The number of aryl methyl sites for hydroxylation is 2. The molecule has 0 aromatic carbocycles. The van der Waals surface area contributed by atoms with Crippen molar-refractivity contribution in [3.05, 3.63) is 38.8 Å². The van der Waals surface area contributed by atoms with Crippen LogP contribution >= 0.6 is 0 Å². The molecule has 0 amide bonds. The SMILES string of the molecule is CCOC(=O)c1c(C)[nH]c(C)c1C=C[N+](=O)[O-]. The van der Waals surface area contributed by atoms with Crippen molar-refractivity contribution in [3.63, 3.8) is 0 Å². The van der Waals surface area contributed by atoms with Gasteiger partial charge in [0, 0.05) is 23.0 Å². The van der Waals surface area contributed by atoms with Crippen LogP contribution < -0.4 is 0 Å². The summed E-state index contributed by atoms with van der Waals surface area (Å²) in [6.45, 7) is 5.44. The highest BCUT2D eigenvalue weighted by atomic mass is 16.6. The third-order valence-corrected chi connectivity index (χ3v) is 2.27. The van der Waals surface area contributed by atoms with Gasteiger partial charge in [-0.1, -0.05) is 0 Å². The topological polar surface area (TPSA) is 85.2 Å². The van der Waals surface area contributed by atoms with Crippen LogP contribution in [0, 0.1) is 24.0 Å². The molecule has 1 rings (SSSR count). The van der Waals surface area contributed by atoms with Gasteiger partial charge >= 0.3 is 5.97 Å². The normalized spacial score (nSPS) is 10.8. The largest absolute Gasteiger partial charge is 0.462 e. The average Bonchev–Trinajstić information content (AvgIpc) is 2.50. The van der Waals surface area contributed by atoms with Gasteiger partial charge in [-0.05, 0) is 20.8 Å². The van der Waals surface area contributed by atoms with Crippen LogP contribution in [0.2, 0.25) is 0 Å². The molecular formula is C11H14N2O4. The molecule has 0 spiro atoms. The number of aromatic nitrogens is 1. The van der Waals surface area contributed by atoms with Crippen LogP contribution in [0.15, 0.2) is 6.20 Å². The molecule has 0 saturated heterocycles. The lowest BCUT2D eigenvalue weighted by atomic mass is 10.1. The van der Waals surface area contributed by atoms with Crippen LogP contribution in [0.3, 0.4) is 0 Å². The molecule has 0 aliphatic heterocycles. The third kappa shape index (κ3) is 2.93. The van der Waals surface area contributed by atoms with Gasteiger partial charge < -0.3 is 9.72 Å². The maximum absolute atomic E-state index is 11.7. The summed E-state index contributed by atoms with van der Waals surface area (Å²) in [5, 5.41) is 10.3. The molecule has 6 nitrogen and oxygen atoms in total. The Bertz CT molecular complexity index is 474. The van der Waals surface area contributed by atoms with Crippen LogP contribution in [0.25, 0.3) is 6.08 Å². The predicted molar refractivity (Wildman–Crippen MR) is 62.3 cm³/mol. The zero-order valence-corrected chi connectivity index (χ0v) is 9.94. The van der Waals surface area contributed by atoms with Gasteiger partial charge in [-0.25, -0.2) is 4.79 Å². The minimum Gasteiger partial charge on any atom is -0.462 e. The lowest BCUT2D eigenvalue weighted by Crippen LogP contribution is -2.06. The maximum atomic E-state index is 11.7. The van der Waals surface area contributed by atoms with Crippen molar-refractivity contribution in [2.45, 2.75) is 20.8 Å². The van der Waals surface area contributed by atoms with Crippen LogP contribution in [0.5, 0.6) is 0 Å². The molecule has 0 saturated carbocycles. The van der Waals surface area contributed by atoms with Crippen molar-refractivity contribution in [1.82, 2.24) is 4.98 Å². The number of nitrogens with one attached hydrogen (secondary N) is 1. The second-order valence-electron chi connectivity index (χ2n) is 3.49. The van der Waals surface area contributed by atoms with Crippen LogP contribution in [0.4, 0.5) is 0 Å². The van der Waals surface area contributed by atoms with Gasteiger partial charge in [-0.15, -0.1) is 0 Å². The standard InChI is InChI=1S/C11H14N2O4/c1-4-17-11(14)10-8(3)12-7(2)9(10)5-6-13(15)16/h5-6,12H,4H2,1-3H3. The smallest absolute Gasteiger partial charge is 0.340 e. The number of aromatic amines is 1. The molecule has 0 atom stereocenters. The lowest BCUT2D eigenvalue weighted by Gasteiger charge is -2.02. The quantitative estimate of drug-likeness (QED) is 0.494. The van der Waals surface area contributed by atoms with Crippen molar-refractivity contribution in [2.75, 3.05) is 6.61 Å². The number of nitro groups is 1. The molecule has 1 aromatic heterocycles. The summed E-state index contributed by atoms with van der Waals surface area (Å²) in [6, 6.07) is 0. The van der Waals surface area contributed by atoms with Gasteiger partial charge in [0.2, 0.25) is 6.20 Å². The zero-order valence-electron chi connectivity index (χ0n) is 9.94. The molecule has 0 aliphatic carbocycles. The number of nitrogens with zero attached hydrogens (tertiary/aromatic N) is 1. The van der Waals surface area contributed by atoms with E-state index in [0.29, 0.717) is 22.5 Å². The summed E-state index contributed by atoms with van der Waals surface area (Å²) < 4.78 is 4.91. The number of carbonyl (C=O) groups is 1. The monoisotopic (exact) mass is 238 g/mol. The summed E-state index contributed by atoms with van der Waals surface area (Å²) in [4.78, 5) is 24.4. The van der Waals surface area contributed by atoms with Gasteiger partial charge in [0.25, 0.3) is 0 Å². The average molecular weight is 238 g/mol. The Hall–Kier alpha value is -2.11. The van der Waals surface area contributed by atoms with Crippen LogP contribution in [0.1, 0.15) is 34.2 Å². The number of rotatable bonds is 4. The molecule has 0 unspecified atom stereocenters. The fourth-order valence-electron chi connectivity index (χ4n) is 1.61. The molecule has 1 N–H and O–H groups in total. The number of ether oxygens (including phenoxy) is 1. The highest BCUT2D eigenvalue weighted by Gasteiger charge is 2.19. The van der Waals surface area contributed by atoms with Crippen molar-refractivity contribution < 1.29 is 14.5 Å². The fourth-order valence-corrected chi connectivity index (χ4v) is 1.61. The molecule has 0 fully saturated rings. The summed E-state index contributed by atoms with van der Waals surface area (Å²) >= 11 is 0. The number of esters is 1. The second-order valence-corrected chi connectivity index (χ2v) is 3.49. The lowest BCUT2D eigenvalue weighted by molar-refractivity contribution is -0.400. The second kappa shape index (κ2) is 5.29. The fraction of sp³-hybridized carbons (Fsp3) is 0.364. The predicted octanol–water partition coefficient (Wildman–Crippen LogP) is 2.06. The Balaban J connectivity index is 3.19. The first kappa shape index (κ1) is 13.0. The molecule has 17 heavy (non-hydrogen) atoms. The van der Waals surface area contributed by atoms with E-state index in [1.165, 1.54) is 6.08 Å². The van der Waals surface area contributed by atoms with Gasteiger partial charge in [-0.3, -0.25) is 10.1 Å². The van der Waals surface area contributed by atoms with Crippen molar-refractivity contribution >= 4 is 12.0 Å². The van der Waals surface area contributed by atoms with Crippen molar-refractivity contribution in [1.29, 1.82) is 0 Å². The molecule has 0 aliphatic rings. The van der Waals surface area contributed by atoms with E-state index in [-0.39, 0.29) is 6.61 Å². The summed E-state index contributed by atoms with van der Waals surface area (Å²) in [5.74, 6) is -0.475. The highest BCUT2D eigenvalue weighted by molar-refractivity contribution is 5.95. The zero-order chi connectivity index (χ0) is 13.0. The van der Waals surface area contributed by atoms with Crippen LogP contribution in [-0.4, -0.2) is 22.5 Å². The molecule has 1 aromatic rings. The Morgan fingerprint density at radius 3 is 2.65 bits per heavy atom. The van der Waals surface area contributed by atoms with Crippen molar-refractivity contribution in [2.24, 2.45) is 0 Å². The van der Waals surface area contributed by atoms with E-state index in [2.05, 4.69) is 4.98 Å². The van der Waals surface area contributed by atoms with E-state index in [1.54, 1.807) is 20.8 Å². The molecule has 6 heteroatoms. The Morgan fingerprint density at radius 1 is 1.47 bits per heavy atom. The molecule has 1 heterocycles. The van der Waals surface area contributed by atoms with Gasteiger partial charge in [-0.2, -0.15) is 0 Å². The number of hydrogen-bond donors (Lipinski definition) is 1. The van der Waals surface area contributed by atoms with Gasteiger partial charge in [0.15, 0.2) is 0 Å². The Labute approximate surface area is 98.4 Å². The number of carbonyl (C=O) groups excluding carboxylic acids is 1. The number of hydrogen-bond acceptors (Lipinski definition) is 4. The minimum atomic E-state index is -0.573. The molecule has 0 radical (unpaired) electrons. The number of H-pyrrole nitrogens is 1. The van der Waals surface area contributed by atoms with E-state index >= 15 is 0 Å². The Kier molecular flexibility index (Phi) is 4.03. The summed E-state index contributed by atoms with van der Waals surface area (Å²) in [5.41, 5.74) is 2.19. The first-order valence-electron chi connectivity index (χ1n) is 5.15.